The Balaban J connectivity index is 2.31. The molecular weight excluding hydrogens is 190 g/mol. The molecule has 0 bridgehead atoms. The third-order valence-electron chi connectivity index (χ3n) is 2.93. The van der Waals surface area contributed by atoms with Crippen molar-refractivity contribution in [1.29, 1.82) is 0 Å². The SMILES string of the molecule is CCCCC1CC(C(=O)OCC)CC[N]1. The molecule has 1 radical (unpaired) electrons. The van der Waals surface area contributed by atoms with Crippen LogP contribution in [0.25, 0.3) is 0 Å². The first kappa shape index (κ1) is 12.5. The molecule has 1 aliphatic heterocycles. The predicted octanol–water partition coefficient (Wildman–Crippen LogP) is 2.12. The second-order valence-corrected chi connectivity index (χ2v) is 4.18. The summed E-state index contributed by atoms with van der Waals surface area (Å²) in [7, 11) is 0. The van der Waals surface area contributed by atoms with E-state index in [9.17, 15) is 4.79 Å². The maximum atomic E-state index is 11.6. The van der Waals surface area contributed by atoms with E-state index < -0.39 is 0 Å². The van der Waals surface area contributed by atoms with E-state index >= 15 is 0 Å². The van der Waals surface area contributed by atoms with Gasteiger partial charge in [-0.15, -0.1) is 0 Å². The number of carbonyl (C=O) groups is 1. The lowest BCUT2D eigenvalue weighted by atomic mass is 9.90. The number of hydrogen-bond acceptors (Lipinski definition) is 2. The number of esters is 1. The van der Waals surface area contributed by atoms with E-state index in [4.69, 9.17) is 4.74 Å². The number of rotatable bonds is 5. The Kier molecular flexibility index (Phi) is 5.69. The zero-order valence-electron chi connectivity index (χ0n) is 9.87. The maximum absolute atomic E-state index is 11.6. The van der Waals surface area contributed by atoms with Crippen LogP contribution in [0.1, 0.15) is 46.0 Å². The van der Waals surface area contributed by atoms with Gasteiger partial charge < -0.3 is 4.74 Å². The summed E-state index contributed by atoms with van der Waals surface area (Å²) in [5.41, 5.74) is 0. The molecule has 0 saturated carbocycles. The minimum absolute atomic E-state index is 0.0195. The summed E-state index contributed by atoms with van der Waals surface area (Å²) >= 11 is 0. The minimum Gasteiger partial charge on any atom is -0.466 e. The third-order valence-corrected chi connectivity index (χ3v) is 2.93. The summed E-state index contributed by atoms with van der Waals surface area (Å²) in [5, 5.41) is 4.55. The van der Waals surface area contributed by atoms with Crippen LogP contribution in [0.3, 0.4) is 0 Å². The topological polar surface area (TPSA) is 40.4 Å². The lowest BCUT2D eigenvalue weighted by Gasteiger charge is -2.27. The van der Waals surface area contributed by atoms with Crippen molar-refractivity contribution in [2.45, 2.75) is 52.0 Å². The molecule has 1 saturated heterocycles. The van der Waals surface area contributed by atoms with Crippen LogP contribution >= 0.6 is 0 Å². The van der Waals surface area contributed by atoms with Crippen LogP contribution in [-0.2, 0) is 9.53 Å². The van der Waals surface area contributed by atoms with Crippen LogP contribution in [0.4, 0.5) is 0 Å². The third kappa shape index (κ3) is 4.20. The number of unbranched alkanes of at least 4 members (excludes halogenated alkanes) is 1. The van der Waals surface area contributed by atoms with Crippen molar-refractivity contribution in [3.8, 4) is 0 Å². The van der Waals surface area contributed by atoms with Crippen molar-refractivity contribution in [2.24, 2.45) is 5.92 Å². The molecule has 1 aliphatic rings. The Hall–Kier alpha value is -0.570. The van der Waals surface area contributed by atoms with E-state index in [0.717, 1.165) is 25.8 Å². The Labute approximate surface area is 92.6 Å². The summed E-state index contributed by atoms with van der Waals surface area (Å²) in [5.74, 6) is 0.0817. The van der Waals surface area contributed by atoms with Gasteiger partial charge >= 0.3 is 5.97 Å². The van der Waals surface area contributed by atoms with Crippen LogP contribution in [0, 0.1) is 5.92 Å². The van der Waals surface area contributed by atoms with E-state index in [-0.39, 0.29) is 11.9 Å². The van der Waals surface area contributed by atoms with Gasteiger partial charge in [-0.1, -0.05) is 19.8 Å². The quantitative estimate of drug-likeness (QED) is 0.655. The fourth-order valence-electron chi connectivity index (χ4n) is 2.06. The maximum Gasteiger partial charge on any atom is 0.309 e. The van der Waals surface area contributed by atoms with E-state index in [1.165, 1.54) is 12.8 Å². The predicted molar refractivity (Wildman–Crippen MR) is 59.7 cm³/mol. The molecule has 0 spiro atoms. The number of piperidine rings is 1. The van der Waals surface area contributed by atoms with Crippen molar-refractivity contribution >= 4 is 5.97 Å². The van der Waals surface area contributed by atoms with Gasteiger partial charge in [0.25, 0.3) is 0 Å². The van der Waals surface area contributed by atoms with E-state index in [2.05, 4.69) is 12.2 Å². The van der Waals surface area contributed by atoms with Gasteiger partial charge in [-0.05, 0) is 26.2 Å². The van der Waals surface area contributed by atoms with Crippen LogP contribution in [0.2, 0.25) is 0 Å². The molecule has 0 N–H and O–H groups in total. The molecule has 2 atom stereocenters. The summed E-state index contributed by atoms with van der Waals surface area (Å²) in [4.78, 5) is 11.6. The highest BCUT2D eigenvalue weighted by Gasteiger charge is 2.28. The molecular formula is C12H22NO2. The fraction of sp³-hybridized carbons (Fsp3) is 0.917. The van der Waals surface area contributed by atoms with Gasteiger partial charge in [-0.25, -0.2) is 5.32 Å². The molecule has 0 aromatic carbocycles. The van der Waals surface area contributed by atoms with Gasteiger partial charge in [0.2, 0.25) is 0 Å². The molecule has 3 nitrogen and oxygen atoms in total. The Morgan fingerprint density at radius 2 is 2.27 bits per heavy atom. The Bertz CT molecular complexity index is 194. The van der Waals surface area contributed by atoms with Crippen LogP contribution in [-0.4, -0.2) is 25.2 Å². The number of nitrogens with zero attached hydrogens (tertiary/aromatic N) is 1. The molecule has 87 valence electrons. The van der Waals surface area contributed by atoms with Crippen LogP contribution < -0.4 is 5.32 Å². The molecule has 3 heteroatoms. The average Bonchev–Trinajstić information content (AvgIpc) is 2.27. The molecule has 0 aromatic rings. The Morgan fingerprint density at radius 3 is 2.93 bits per heavy atom. The molecule has 1 rings (SSSR count). The van der Waals surface area contributed by atoms with Crippen molar-refractivity contribution < 1.29 is 9.53 Å². The summed E-state index contributed by atoms with van der Waals surface area (Å²) in [6, 6.07) is 0.396. The molecule has 0 aliphatic carbocycles. The smallest absolute Gasteiger partial charge is 0.309 e. The second kappa shape index (κ2) is 6.83. The molecule has 1 fully saturated rings. The van der Waals surface area contributed by atoms with Crippen LogP contribution in [0.15, 0.2) is 0 Å². The standard InChI is InChI=1S/C12H22NO2/c1-3-5-6-11-9-10(7-8-13-11)12(14)15-4-2/h10-11H,3-9H2,1-2H3. The highest BCUT2D eigenvalue weighted by Crippen LogP contribution is 2.21. The van der Waals surface area contributed by atoms with Gasteiger partial charge in [0, 0.05) is 12.6 Å². The molecule has 1 heterocycles. The zero-order valence-corrected chi connectivity index (χ0v) is 9.87. The second-order valence-electron chi connectivity index (χ2n) is 4.18. The van der Waals surface area contributed by atoms with E-state index in [1.807, 2.05) is 6.92 Å². The van der Waals surface area contributed by atoms with Crippen molar-refractivity contribution in [1.82, 2.24) is 5.32 Å². The first-order valence-corrected chi connectivity index (χ1v) is 6.11. The molecule has 0 aromatic heterocycles. The summed E-state index contributed by atoms with van der Waals surface area (Å²) in [6.07, 6.45) is 5.33. The van der Waals surface area contributed by atoms with Gasteiger partial charge in [0.1, 0.15) is 0 Å². The number of ether oxygens (including phenoxy) is 1. The summed E-state index contributed by atoms with van der Waals surface area (Å²) in [6.45, 7) is 5.37. The molecule has 15 heavy (non-hydrogen) atoms. The van der Waals surface area contributed by atoms with Crippen molar-refractivity contribution in [3.05, 3.63) is 0 Å². The lowest BCUT2D eigenvalue weighted by molar-refractivity contribution is -0.149. The zero-order chi connectivity index (χ0) is 11.1. The highest BCUT2D eigenvalue weighted by atomic mass is 16.5. The first-order valence-electron chi connectivity index (χ1n) is 6.11. The van der Waals surface area contributed by atoms with Gasteiger partial charge in [-0.3, -0.25) is 4.79 Å². The van der Waals surface area contributed by atoms with Crippen molar-refractivity contribution in [3.63, 3.8) is 0 Å². The Morgan fingerprint density at radius 1 is 1.47 bits per heavy atom. The average molecular weight is 212 g/mol. The highest BCUT2D eigenvalue weighted by molar-refractivity contribution is 5.72. The van der Waals surface area contributed by atoms with E-state index in [1.54, 1.807) is 0 Å². The fourth-order valence-corrected chi connectivity index (χ4v) is 2.06. The first-order chi connectivity index (χ1) is 7.27. The van der Waals surface area contributed by atoms with Gasteiger partial charge in [-0.2, -0.15) is 0 Å². The summed E-state index contributed by atoms with van der Waals surface area (Å²) < 4.78 is 5.05. The van der Waals surface area contributed by atoms with Gasteiger partial charge in [0.15, 0.2) is 0 Å². The van der Waals surface area contributed by atoms with Crippen molar-refractivity contribution in [2.75, 3.05) is 13.2 Å². The van der Waals surface area contributed by atoms with Crippen LogP contribution in [0.5, 0.6) is 0 Å². The van der Waals surface area contributed by atoms with Gasteiger partial charge in [0.05, 0.1) is 12.5 Å². The largest absolute Gasteiger partial charge is 0.466 e. The van der Waals surface area contributed by atoms with E-state index in [0.29, 0.717) is 12.6 Å². The monoisotopic (exact) mass is 212 g/mol. The minimum atomic E-state index is -0.0195. The lowest BCUT2D eigenvalue weighted by Crippen LogP contribution is -2.36. The number of carbonyl (C=O) groups excluding carboxylic acids is 1. The number of hydrogen-bond donors (Lipinski definition) is 0. The molecule has 0 amide bonds. The molecule has 2 unspecified atom stereocenters. The normalized spacial score (nSPS) is 26.3.